The molecule has 5 heteroatoms. The summed E-state index contributed by atoms with van der Waals surface area (Å²) in [4.78, 5) is 12.2. The van der Waals surface area contributed by atoms with E-state index in [0.717, 1.165) is 24.3 Å². The van der Waals surface area contributed by atoms with E-state index < -0.39 is 0 Å². The van der Waals surface area contributed by atoms with E-state index in [-0.39, 0.29) is 12.0 Å². The highest BCUT2D eigenvalue weighted by Gasteiger charge is 2.25. The van der Waals surface area contributed by atoms with E-state index in [2.05, 4.69) is 5.01 Å². The molecule has 1 aliphatic rings. The number of benzene rings is 1. The fourth-order valence-electron chi connectivity index (χ4n) is 2.61. The quantitative estimate of drug-likeness (QED) is 0.839. The molecule has 122 valence electrons. The van der Waals surface area contributed by atoms with Gasteiger partial charge in [0.05, 0.1) is 19.3 Å². The van der Waals surface area contributed by atoms with Crippen molar-refractivity contribution in [2.45, 2.75) is 45.8 Å². The maximum atomic E-state index is 12.2. The molecule has 1 aromatic rings. The monoisotopic (exact) mass is 306 g/mol. The minimum Gasteiger partial charge on any atom is -0.494 e. The second-order valence-electron chi connectivity index (χ2n) is 5.72. The largest absolute Gasteiger partial charge is 0.494 e. The zero-order valence-electron chi connectivity index (χ0n) is 13.5. The van der Waals surface area contributed by atoms with E-state index in [1.54, 1.807) is 6.92 Å². The lowest BCUT2D eigenvalue weighted by Gasteiger charge is -2.39. The van der Waals surface area contributed by atoms with Crippen molar-refractivity contribution in [1.82, 2.24) is 10.0 Å². The van der Waals surface area contributed by atoms with Crippen LogP contribution in [0.5, 0.6) is 5.75 Å². The first-order chi connectivity index (χ1) is 10.6. The molecule has 1 atom stereocenters. The van der Waals surface area contributed by atoms with E-state index in [0.29, 0.717) is 32.5 Å². The van der Waals surface area contributed by atoms with Crippen molar-refractivity contribution in [3.8, 4) is 5.75 Å². The molecule has 0 saturated carbocycles. The van der Waals surface area contributed by atoms with Crippen LogP contribution in [0.2, 0.25) is 0 Å². The fourth-order valence-corrected chi connectivity index (χ4v) is 2.61. The molecular weight excluding hydrogens is 280 g/mol. The Kier molecular flexibility index (Phi) is 6.21. The number of hydrazine groups is 1. The molecular formula is C17H26N2O3. The smallest absolute Gasteiger partial charge is 0.237 e. The average molecular weight is 306 g/mol. The van der Waals surface area contributed by atoms with Crippen molar-refractivity contribution in [1.29, 1.82) is 0 Å². The predicted molar refractivity (Wildman–Crippen MR) is 85.3 cm³/mol. The van der Waals surface area contributed by atoms with Crippen molar-refractivity contribution < 1.29 is 14.6 Å². The average Bonchev–Trinajstić information content (AvgIpc) is 2.50. The van der Waals surface area contributed by atoms with Crippen LogP contribution in [0.3, 0.4) is 0 Å². The maximum Gasteiger partial charge on any atom is 0.237 e. The third kappa shape index (κ3) is 4.71. The van der Waals surface area contributed by atoms with Gasteiger partial charge < -0.3 is 9.84 Å². The second-order valence-corrected chi connectivity index (χ2v) is 5.72. The van der Waals surface area contributed by atoms with E-state index >= 15 is 0 Å². The Hall–Kier alpha value is -1.59. The molecule has 1 heterocycles. The Labute approximate surface area is 132 Å². The summed E-state index contributed by atoms with van der Waals surface area (Å²) in [5.41, 5.74) is 1.08. The number of hydrogen-bond donors (Lipinski definition) is 1. The molecule has 0 aliphatic carbocycles. The van der Waals surface area contributed by atoms with Crippen molar-refractivity contribution in [2.24, 2.45) is 0 Å². The van der Waals surface area contributed by atoms with Crippen LogP contribution in [0.15, 0.2) is 24.3 Å². The Bertz CT molecular complexity index is 473. The van der Waals surface area contributed by atoms with E-state index in [9.17, 15) is 9.90 Å². The number of rotatable bonds is 7. The van der Waals surface area contributed by atoms with Gasteiger partial charge in [-0.05, 0) is 44.4 Å². The minimum absolute atomic E-state index is 0.158. The number of nitrogens with zero attached hydrogens (tertiary/aromatic N) is 2. The molecule has 1 fully saturated rings. The van der Waals surface area contributed by atoms with E-state index in [1.165, 1.54) is 0 Å². The van der Waals surface area contributed by atoms with Gasteiger partial charge in [0.2, 0.25) is 5.91 Å². The van der Waals surface area contributed by atoms with Crippen molar-refractivity contribution in [3.05, 3.63) is 29.8 Å². The Morgan fingerprint density at radius 2 is 2.05 bits per heavy atom. The molecule has 1 unspecified atom stereocenters. The highest BCUT2D eigenvalue weighted by atomic mass is 16.5. The third-order valence-electron chi connectivity index (χ3n) is 3.81. The van der Waals surface area contributed by atoms with E-state index in [1.807, 2.05) is 36.2 Å². The van der Waals surface area contributed by atoms with Crippen LogP contribution in [0.1, 0.15) is 38.7 Å². The highest BCUT2D eigenvalue weighted by molar-refractivity contribution is 5.76. The van der Waals surface area contributed by atoms with Crippen LogP contribution in [-0.4, -0.2) is 46.8 Å². The fraction of sp³-hybridized carbons (Fsp3) is 0.588. The number of aliphatic hydroxyl groups excluding tert-OH is 1. The van der Waals surface area contributed by atoms with Gasteiger partial charge in [0, 0.05) is 19.5 Å². The van der Waals surface area contributed by atoms with Crippen molar-refractivity contribution in [2.75, 3.05) is 19.7 Å². The second kappa shape index (κ2) is 8.15. The summed E-state index contributed by atoms with van der Waals surface area (Å²) in [5.74, 6) is 1.01. The molecule has 1 N–H and O–H groups in total. The molecule has 1 amide bonds. The van der Waals surface area contributed by atoms with Gasteiger partial charge in [0.1, 0.15) is 5.75 Å². The van der Waals surface area contributed by atoms with Gasteiger partial charge in [-0.3, -0.25) is 9.80 Å². The summed E-state index contributed by atoms with van der Waals surface area (Å²) < 4.78 is 5.44. The van der Waals surface area contributed by atoms with Gasteiger partial charge >= 0.3 is 0 Å². The summed E-state index contributed by atoms with van der Waals surface area (Å²) >= 11 is 0. The number of carbonyl (C=O) groups excluding carboxylic acids is 1. The zero-order chi connectivity index (χ0) is 15.9. The van der Waals surface area contributed by atoms with Crippen LogP contribution >= 0.6 is 0 Å². The maximum absolute atomic E-state index is 12.2. The first kappa shape index (κ1) is 16.8. The highest BCUT2D eigenvalue weighted by Crippen LogP contribution is 2.19. The minimum atomic E-state index is -0.343. The van der Waals surface area contributed by atoms with Crippen LogP contribution in [-0.2, 0) is 11.3 Å². The molecule has 1 aromatic carbocycles. The standard InChI is InChI=1S/C17H26N2O3/c1-3-22-16-8-6-15(7-9-16)13-19-17(21)5-4-11-18(19)12-10-14(2)20/h6-9,14,20H,3-5,10-13H2,1-2H3. The van der Waals surface area contributed by atoms with Crippen LogP contribution < -0.4 is 4.74 Å². The summed E-state index contributed by atoms with van der Waals surface area (Å²) in [6, 6.07) is 7.88. The molecule has 0 spiro atoms. The number of carbonyl (C=O) groups is 1. The third-order valence-corrected chi connectivity index (χ3v) is 3.81. The Balaban J connectivity index is 2.00. The zero-order valence-corrected chi connectivity index (χ0v) is 13.5. The molecule has 22 heavy (non-hydrogen) atoms. The SMILES string of the molecule is CCOc1ccc(CN2C(=O)CCCN2CCC(C)O)cc1. The van der Waals surface area contributed by atoms with Gasteiger partial charge in [-0.1, -0.05) is 12.1 Å². The first-order valence-electron chi connectivity index (χ1n) is 8.05. The van der Waals surface area contributed by atoms with E-state index in [4.69, 9.17) is 4.74 Å². The Morgan fingerprint density at radius 1 is 1.32 bits per heavy atom. The van der Waals surface area contributed by atoms with Gasteiger partial charge in [0.25, 0.3) is 0 Å². The molecule has 1 aliphatic heterocycles. The lowest BCUT2D eigenvalue weighted by atomic mass is 10.1. The summed E-state index contributed by atoms with van der Waals surface area (Å²) in [5, 5.41) is 13.3. The lowest BCUT2D eigenvalue weighted by Crippen LogP contribution is -2.50. The topological polar surface area (TPSA) is 53.0 Å². The van der Waals surface area contributed by atoms with Gasteiger partial charge in [-0.2, -0.15) is 0 Å². The summed E-state index contributed by atoms with van der Waals surface area (Å²) in [6.07, 6.45) is 1.82. The van der Waals surface area contributed by atoms with Crippen LogP contribution in [0, 0.1) is 0 Å². The van der Waals surface area contributed by atoms with Gasteiger partial charge in [-0.15, -0.1) is 0 Å². The first-order valence-corrected chi connectivity index (χ1v) is 8.05. The molecule has 5 nitrogen and oxygen atoms in total. The van der Waals surface area contributed by atoms with Gasteiger partial charge in [-0.25, -0.2) is 5.01 Å². The number of amides is 1. The molecule has 0 radical (unpaired) electrons. The van der Waals surface area contributed by atoms with Crippen LogP contribution in [0.4, 0.5) is 0 Å². The Morgan fingerprint density at radius 3 is 2.68 bits per heavy atom. The summed E-state index contributed by atoms with van der Waals surface area (Å²) in [7, 11) is 0. The van der Waals surface area contributed by atoms with Crippen molar-refractivity contribution >= 4 is 5.91 Å². The number of ether oxygens (including phenoxy) is 1. The predicted octanol–water partition coefficient (Wildman–Crippen LogP) is 2.20. The van der Waals surface area contributed by atoms with Crippen molar-refractivity contribution in [3.63, 3.8) is 0 Å². The summed E-state index contributed by atoms with van der Waals surface area (Å²) in [6.45, 7) is 6.54. The molecule has 0 aromatic heterocycles. The van der Waals surface area contributed by atoms with Crippen LogP contribution in [0.25, 0.3) is 0 Å². The normalized spacial score (nSPS) is 17.6. The number of hydrogen-bond acceptors (Lipinski definition) is 4. The molecule has 0 bridgehead atoms. The number of aliphatic hydroxyl groups is 1. The molecule has 1 saturated heterocycles. The molecule has 2 rings (SSSR count). The lowest BCUT2D eigenvalue weighted by molar-refractivity contribution is -0.158. The van der Waals surface area contributed by atoms with Gasteiger partial charge in [0.15, 0.2) is 0 Å².